The van der Waals surface area contributed by atoms with Crippen molar-refractivity contribution in [2.75, 3.05) is 61.5 Å². The van der Waals surface area contributed by atoms with Crippen LogP contribution in [0.2, 0.25) is 0 Å². The molecule has 134 valence electrons. The lowest BCUT2D eigenvalue weighted by atomic mass is 10.1. The number of aromatic nitrogens is 3. The molecule has 3 N–H and O–H groups in total. The van der Waals surface area contributed by atoms with Crippen LogP contribution >= 0.6 is 0 Å². The number of nitrogens with one attached hydrogen (secondary N) is 2. The minimum Gasteiger partial charge on any atom is -0.395 e. The molecule has 0 saturated carbocycles. The highest BCUT2D eigenvalue weighted by Crippen LogP contribution is 2.15. The summed E-state index contributed by atoms with van der Waals surface area (Å²) in [5.74, 6) is 1.63. The van der Waals surface area contributed by atoms with Gasteiger partial charge in [-0.25, -0.2) is 0 Å². The van der Waals surface area contributed by atoms with E-state index in [4.69, 9.17) is 9.84 Å². The van der Waals surface area contributed by atoms with E-state index in [9.17, 15) is 0 Å². The van der Waals surface area contributed by atoms with Gasteiger partial charge in [-0.2, -0.15) is 15.0 Å². The van der Waals surface area contributed by atoms with Crippen molar-refractivity contribution in [3.8, 4) is 0 Å². The average molecular weight is 344 g/mol. The lowest BCUT2D eigenvalue weighted by molar-refractivity contribution is 0.122. The number of hydrogen-bond acceptors (Lipinski definition) is 8. The summed E-state index contributed by atoms with van der Waals surface area (Å²) in [7, 11) is 0. The van der Waals surface area contributed by atoms with E-state index in [-0.39, 0.29) is 6.61 Å². The van der Waals surface area contributed by atoms with E-state index in [1.165, 1.54) is 5.56 Å². The van der Waals surface area contributed by atoms with Crippen LogP contribution in [0.15, 0.2) is 30.3 Å². The molecule has 1 fully saturated rings. The molecule has 1 aromatic carbocycles. The van der Waals surface area contributed by atoms with Crippen molar-refractivity contribution in [2.24, 2.45) is 0 Å². The highest BCUT2D eigenvalue weighted by atomic mass is 16.5. The van der Waals surface area contributed by atoms with Gasteiger partial charge in [-0.3, -0.25) is 0 Å². The molecular formula is C17H24N6O2. The molecule has 0 radical (unpaired) electrons. The molecule has 0 atom stereocenters. The van der Waals surface area contributed by atoms with Crippen LogP contribution in [0.4, 0.5) is 17.8 Å². The molecule has 2 heterocycles. The van der Waals surface area contributed by atoms with Crippen molar-refractivity contribution in [1.29, 1.82) is 0 Å². The standard InChI is InChI=1S/C17H24N6O2/c24-11-8-19-16-20-15(18-7-6-14-4-2-1-3-5-14)21-17(22-16)23-9-12-25-13-10-23/h1-5,24H,6-13H2,(H2,18,19,20,21,22). The second-order valence-corrected chi connectivity index (χ2v) is 5.69. The van der Waals surface area contributed by atoms with Gasteiger partial charge in [-0.1, -0.05) is 30.3 Å². The molecule has 0 bridgehead atoms. The predicted molar refractivity (Wildman–Crippen MR) is 97.1 cm³/mol. The van der Waals surface area contributed by atoms with Gasteiger partial charge >= 0.3 is 0 Å². The zero-order valence-corrected chi connectivity index (χ0v) is 14.2. The molecule has 1 aliphatic heterocycles. The maximum atomic E-state index is 9.01. The normalized spacial score (nSPS) is 14.4. The second kappa shape index (κ2) is 9.14. The minimum absolute atomic E-state index is 0.0232. The molecule has 8 nitrogen and oxygen atoms in total. The lowest BCUT2D eigenvalue weighted by Gasteiger charge is -2.27. The molecule has 1 aliphatic rings. The number of morpholine rings is 1. The van der Waals surface area contributed by atoms with Crippen molar-refractivity contribution >= 4 is 17.8 Å². The van der Waals surface area contributed by atoms with Crippen LogP contribution in [0.5, 0.6) is 0 Å². The molecule has 1 saturated heterocycles. The fraction of sp³-hybridized carbons (Fsp3) is 0.471. The number of ether oxygens (including phenoxy) is 1. The third-order valence-corrected chi connectivity index (χ3v) is 3.85. The van der Waals surface area contributed by atoms with Crippen LogP contribution in [0, 0.1) is 0 Å². The molecule has 0 amide bonds. The summed E-state index contributed by atoms with van der Waals surface area (Å²) < 4.78 is 5.38. The summed E-state index contributed by atoms with van der Waals surface area (Å²) in [6, 6.07) is 10.3. The molecule has 3 rings (SSSR count). The summed E-state index contributed by atoms with van der Waals surface area (Å²) in [5, 5.41) is 15.3. The number of anilines is 3. The van der Waals surface area contributed by atoms with Crippen LogP contribution in [0.1, 0.15) is 5.56 Å². The molecule has 25 heavy (non-hydrogen) atoms. The number of benzene rings is 1. The average Bonchev–Trinajstić information content (AvgIpc) is 2.68. The Labute approximate surface area is 147 Å². The highest BCUT2D eigenvalue weighted by Gasteiger charge is 2.16. The quantitative estimate of drug-likeness (QED) is 0.646. The van der Waals surface area contributed by atoms with Crippen molar-refractivity contribution in [2.45, 2.75) is 6.42 Å². The Morgan fingerprint density at radius 1 is 0.960 bits per heavy atom. The van der Waals surface area contributed by atoms with E-state index < -0.39 is 0 Å². The van der Waals surface area contributed by atoms with Crippen molar-refractivity contribution in [3.05, 3.63) is 35.9 Å². The maximum absolute atomic E-state index is 9.01. The van der Waals surface area contributed by atoms with Crippen LogP contribution in [0.25, 0.3) is 0 Å². The number of aliphatic hydroxyl groups excluding tert-OH is 1. The van der Waals surface area contributed by atoms with Crippen molar-refractivity contribution in [3.63, 3.8) is 0 Å². The maximum Gasteiger partial charge on any atom is 0.232 e. The summed E-state index contributed by atoms with van der Waals surface area (Å²) >= 11 is 0. The van der Waals surface area contributed by atoms with Crippen molar-refractivity contribution < 1.29 is 9.84 Å². The van der Waals surface area contributed by atoms with Crippen molar-refractivity contribution in [1.82, 2.24) is 15.0 Å². The minimum atomic E-state index is 0.0232. The largest absolute Gasteiger partial charge is 0.395 e. The molecule has 0 aliphatic carbocycles. The first-order valence-electron chi connectivity index (χ1n) is 8.56. The van der Waals surface area contributed by atoms with Gasteiger partial charge < -0.3 is 25.4 Å². The molecule has 2 aromatic rings. The summed E-state index contributed by atoms with van der Waals surface area (Å²) in [6.45, 7) is 4.00. The summed E-state index contributed by atoms with van der Waals surface area (Å²) in [5.41, 5.74) is 1.26. The van der Waals surface area contributed by atoms with E-state index in [0.29, 0.717) is 37.6 Å². The molecular weight excluding hydrogens is 320 g/mol. The molecule has 1 aromatic heterocycles. The third-order valence-electron chi connectivity index (χ3n) is 3.85. The summed E-state index contributed by atoms with van der Waals surface area (Å²) in [4.78, 5) is 15.4. The number of nitrogens with zero attached hydrogens (tertiary/aromatic N) is 4. The SMILES string of the molecule is OCCNc1nc(NCCc2ccccc2)nc(N2CCOCC2)n1. The van der Waals surface area contributed by atoms with Gasteiger partial charge in [0.05, 0.1) is 19.8 Å². The zero-order valence-electron chi connectivity index (χ0n) is 14.2. The smallest absolute Gasteiger partial charge is 0.232 e. The third kappa shape index (κ3) is 5.27. The van der Waals surface area contributed by atoms with Gasteiger partial charge in [0.2, 0.25) is 17.8 Å². The van der Waals surface area contributed by atoms with Gasteiger partial charge in [0.1, 0.15) is 0 Å². The fourth-order valence-electron chi connectivity index (χ4n) is 2.56. The van der Waals surface area contributed by atoms with E-state index in [1.54, 1.807) is 0 Å². The highest BCUT2D eigenvalue weighted by molar-refractivity contribution is 5.44. The van der Waals surface area contributed by atoms with E-state index >= 15 is 0 Å². The van der Waals surface area contributed by atoms with Gasteiger partial charge in [-0.15, -0.1) is 0 Å². The molecule has 0 spiro atoms. The Balaban J connectivity index is 1.67. The van der Waals surface area contributed by atoms with Gasteiger partial charge in [0, 0.05) is 26.2 Å². The predicted octanol–water partition coefficient (Wildman–Crippen LogP) is 0.767. The Bertz CT molecular complexity index is 649. The molecule has 0 unspecified atom stereocenters. The van der Waals surface area contributed by atoms with Crippen LogP contribution in [-0.2, 0) is 11.2 Å². The molecule has 8 heteroatoms. The van der Waals surface area contributed by atoms with Crippen LogP contribution < -0.4 is 15.5 Å². The van der Waals surface area contributed by atoms with Gasteiger partial charge in [0.25, 0.3) is 0 Å². The number of rotatable bonds is 8. The monoisotopic (exact) mass is 344 g/mol. The van der Waals surface area contributed by atoms with Gasteiger partial charge in [0.15, 0.2) is 0 Å². The van der Waals surface area contributed by atoms with E-state index in [2.05, 4.69) is 42.6 Å². The first kappa shape index (κ1) is 17.4. The van der Waals surface area contributed by atoms with Crippen LogP contribution in [0.3, 0.4) is 0 Å². The summed E-state index contributed by atoms with van der Waals surface area (Å²) in [6.07, 6.45) is 0.888. The van der Waals surface area contributed by atoms with E-state index in [0.717, 1.165) is 26.1 Å². The number of aliphatic hydroxyl groups is 1. The van der Waals surface area contributed by atoms with E-state index in [1.807, 2.05) is 18.2 Å². The zero-order chi connectivity index (χ0) is 17.3. The second-order valence-electron chi connectivity index (χ2n) is 5.69. The van der Waals surface area contributed by atoms with Gasteiger partial charge in [-0.05, 0) is 12.0 Å². The Hall–Kier alpha value is -2.45. The first-order valence-corrected chi connectivity index (χ1v) is 8.56. The number of hydrogen-bond donors (Lipinski definition) is 3. The Morgan fingerprint density at radius 3 is 2.32 bits per heavy atom. The topological polar surface area (TPSA) is 95.4 Å². The Kier molecular flexibility index (Phi) is 6.35. The lowest BCUT2D eigenvalue weighted by Crippen LogP contribution is -2.37. The van der Waals surface area contributed by atoms with Crippen LogP contribution in [-0.4, -0.2) is 66.1 Å². The first-order chi connectivity index (χ1) is 12.3. The fourth-order valence-corrected chi connectivity index (χ4v) is 2.56. The Morgan fingerprint density at radius 2 is 1.64 bits per heavy atom.